The minimum Gasteiger partial charge on any atom is -0.497 e. The topological polar surface area (TPSA) is 75.9 Å². The highest BCUT2D eigenvalue weighted by molar-refractivity contribution is 6.30. The fraction of sp³-hybridized carbons (Fsp3) is 0.350. The Labute approximate surface area is 168 Å². The SMILES string of the molecule is COc1cccc(CCC(=O)N2CCN(c3ccc(Cl)cc3[N+](=O)[O-])CC2)c1. The summed E-state index contributed by atoms with van der Waals surface area (Å²) in [5.74, 6) is 0.871. The van der Waals surface area contributed by atoms with Gasteiger partial charge in [-0.05, 0) is 36.2 Å². The molecule has 1 heterocycles. The molecule has 2 aromatic carbocycles. The lowest BCUT2D eigenvalue weighted by Gasteiger charge is -2.36. The van der Waals surface area contributed by atoms with E-state index in [9.17, 15) is 14.9 Å². The molecule has 1 fully saturated rings. The van der Waals surface area contributed by atoms with Crippen molar-refractivity contribution in [2.45, 2.75) is 12.8 Å². The molecule has 1 saturated heterocycles. The molecule has 1 amide bonds. The maximum absolute atomic E-state index is 12.5. The summed E-state index contributed by atoms with van der Waals surface area (Å²) in [6.07, 6.45) is 1.08. The first-order valence-corrected chi connectivity index (χ1v) is 9.45. The summed E-state index contributed by atoms with van der Waals surface area (Å²) >= 11 is 5.89. The highest BCUT2D eigenvalue weighted by atomic mass is 35.5. The van der Waals surface area contributed by atoms with E-state index in [2.05, 4.69) is 0 Å². The van der Waals surface area contributed by atoms with Crippen LogP contribution < -0.4 is 9.64 Å². The van der Waals surface area contributed by atoms with E-state index in [-0.39, 0.29) is 11.6 Å². The van der Waals surface area contributed by atoms with Crippen LogP contribution in [-0.4, -0.2) is 49.0 Å². The average molecular weight is 404 g/mol. The van der Waals surface area contributed by atoms with Crippen LogP contribution in [0.3, 0.4) is 0 Å². The number of benzene rings is 2. The Bertz CT molecular complexity index is 866. The van der Waals surface area contributed by atoms with Gasteiger partial charge < -0.3 is 14.5 Å². The summed E-state index contributed by atoms with van der Waals surface area (Å²) in [6, 6.07) is 12.4. The molecule has 1 aliphatic rings. The Kier molecular flexibility index (Phi) is 6.36. The fourth-order valence-corrected chi connectivity index (χ4v) is 3.51. The summed E-state index contributed by atoms with van der Waals surface area (Å²) in [5, 5.41) is 11.6. The minimum atomic E-state index is -0.424. The lowest BCUT2D eigenvalue weighted by atomic mass is 10.1. The monoisotopic (exact) mass is 403 g/mol. The van der Waals surface area contributed by atoms with E-state index in [1.165, 1.54) is 6.07 Å². The van der Waals surface area contributed by atoms with Gasteiger partial charge in [-0.3, -0.25) is 14.9 Å². The van der Waals surface area contributed by atoms with E-state index in [4.69, 9.17) is 16.3 Å². The number of piperazine rings is 1. The third-order valence-corrected chi connectivity index (χ3v) is 5.10. The number of methoxy groups -OCH3 is 1. The molecule has 0 radical (unpaired) electrons. The van der Waals surface area contributed by atoms with E-state index >= 15 is 0 Å². The van der Waals surface area contributed by atoms with Gasteiger partial charge in [0.15, 0.2) is 0 Å². The predicted molar refractivity (Wildman–Crippen MR) is 108 cm³/mol. The number of nitrogens with zero attached hydrogens (tertiary/aromatic N) is 3. The standard InChI is InChI=1S/C20H22ClN3O4/c1-28-17-4-2-3-15(13-17)5-8-20(25)23-11-9-22(10-12-23)18-7-6-16(21)14-19(18)24(26)27/h2-4,6-7,13-14H,5,8-12H2,1H3. The van der Waals surface area contributed by atoms with Crippen molar-refractivity contribution in [3.05, 3.63) is 63.2 Å². The van der Waals surface area contributed by atoms with Crippen molar-refractivity contribution in [3.63, 3.8) is 0 Å². The Morgan fingerprint density at radius 1 is 1.18 bits per heavy atom. The number of carbonyl (C=O) groups excluding carboxylic acids is 1. The van der Waals surface area contributed by atoms with Crippen LogP contribution in [0.25, 0.3) is 0 Å². The van der Waals surface area contributed by atoms with Crippen molar-refractivity contribution in [1.82, 2.24) is 4.90 Å². The van der Waals surface area contributed by atoms with Crippen LogP contribution in [0.2, 0.25) is 5.02 Å². The Hall–Kier alpha value is -2.80. The van der Waals surface area contributed by atoms with Crippen molar-refractivity contribution >= 4 is 28.9 Å². The molecule has 0 unspecified atom stereocenters. The summed E-state index contributed by atoms with van der Waals surface area (Å²) in [5.41, 5.74) is 1.59. The zero-order valence-electron chi connectivity index (χ0n) is 15.6. The molecule has 0 N–H and O–H groups in total. The number of aryl methyl sites for hydroxylation is 1. The van der Waals surface area contributed by atoms with Gasteiger partial charge in [0.05, 0.1) is 12.0 Å². The lowest BCUT2D eigenvalue weighted by molar-refractivity contribution is -0.384. The number of nitro benzene ring substituents is 1. The zero-order chi connectivity index (χ0) is 20.1. The normalized spacial score (nSPS) is 14.1. The molecule has 1 aliphatic heterocycles. The highest BCUT2D eigenvalue weighted by Gasteiger charge is 2.25. The molecule has 2 aromatic rings. The summed E-state index contributed by atoms with van der Waals surface area (Å²) in [4.78, 5) is 27.2. The second-order valence-corrected chi connectivity index (χ2v) is 7.05. The van der Waals surface area contributed by atoms with Crippen molar-refractivity contribution in [1.29, 1.82) is 0 Å². The first-order valence-electron chi connectivity index (χ1n) is 9.07. The van der Waals surface area contributed by atoms with E-state index in [1.54, 1.807) is 19.2 Å². The van der Waals surface area contributed by atoms with Crippen LogP contribution in [0.15, 0.2) is 42.5 Å². The van der Waals surface area contributed by atoms with Crippen LogP contribution in [0.4, 0.5) is 11.4 Å². The van der Waals surface area contributed by atoms with Gasteiger partial charge in [0.1, 0.15) is 11.4 Å². The van der Waals surface area contributed by atoms with Crippen molar-refractivity contribution < 1.29 is 14.5 Å². The molecule has 3 rings (SSSR count). The average Bonchev–Trinajstić information content (AvgIpc) is 2.72. The Morgan fingerprint density at radius 2 is 1.93 bits per heavy atom. The third-order valence-electron chi connectivity index (χ3n) is 4.87. The van der Waals surface area contributed by atoms with Gasteiger partial charge in [0, 0.05) is 43.7 Å². The molecule has 7 nitrogen and oxygen atoms in total. The molecule has 0 saturated carbocycles. The largest absolute Gasteiger partial charge is 0.497 e. The van der Waals surface area contributed by atoms with Crippen LogP contribution in [0.5, 0.6) is 5.75 Å². The molecule has 0 aliphatic carbocycles. The summed E-state index contributed by atoms with van der Waals surface area (Å²) < 4.78 is 5.21. The third kappa shape index (κ3) is 4.72. The van der Waals surface area contributed by atoms with Crippen LogP contribution in [-0.2, 0) is 11.2 Å². The van der Waals surface area contributed by atoms with E-state index in [0.717, 1.165) is 11.3 Å². The zero-order valence-corrected chi connectivity index (χ0v) is 16.4. The number of halogens is 1. The minimum absolute atomic E-state index is 0.00898. The number of carbonyl (C=O) groups is 1. The van der Waals surface area contributed by atoms with E-state index in [0.29, 0.717) is 49.7 Å². The van der Waals surface area contributed by atoms with Crippen molar-refractivity contribution in [2.75, 3.05) is 38.2 Å². The quantitative estimate of drug-likeness (QED) is 0.544. The summed E-state index contributed by atoms with van der Waals surface area (Å²) in [6.45, 7) is 2.17. The second kappa shape index (κ2) is 8.93. The Morgan fingerprint density at radius 3 is 2.61 bits per heavy atom. The number of ether oxygens (including phenoxy) is 1. The number of hydrogen-bond acceptors (Lipinski definition) is 5. The fourth-order valence-electron chi connectivity index (χ4n) is 3.34. The van der Waals surface area contributed by atoms with Crippen LogP contribution in [0, 0.1) is 10.1 Å². The molecule has 0 atom stereocenters. The molecular formula is C20H22ClN3O4. The Balaban J connectivity index is 1.56. The smallest absolute Gasteiger partial charge is 0.294 e. The number of hydrogen-bond donors (Lipinski definition) is 0. The number of rotatable bonds is 6. The van der Waals surface area contributed by atoms with E-state index < -0.39 is 4.92 Å². The van der Waals surface area contributed by atoms with Gasteiger partial charge in [-0.25, -0.2) is 0 Å². The second-order valence-electron chi connectivity index (χ2n) is 6.61. The maximum Gasteiger partial charge on any atom is 0.294 e. The number of amides is 1. The molecule has 8 heteroatoms. The highest BCUT2D eigenvalue weighted by Crippen LogP contribution is 2.31. The van der Waals surface area contributed by atoms with Crippen molar-refractivity contribution in [3.8, 4) is 5.75 Å². The number of anilines is 1. The van der Waals surface area contributed by atoms with Crippen molar-refractivity contribution in [2.24, 2.45) is 0 Å². The molecule has 0 aromatic heterocycles. The van der Waals surface area contributed by atoms with Gasteiger partial charge in [0.25, 0.3) is 5.69 Å². The van der Waals surface area contributed by atoms with Gasteiger partial charge >= 0.3 is 0 Å². The van der Waals surface area contributed by atoms with Crippen LogP contribution >= 0.6 is 11.6 Å². The van der Waals surface area contributed by atoms with Gasteiger partial charge in [-0.1, -0.05) is 23.7 Å². The first kappa shape index (κ1) is 19.9. The summed E-state index contributed by atoms with van der Waals surface area (Å²) in [7, 11) is 1.62. The molecule has 148 valence electrons. The maximum atomic E-state index is 12.5. The molecule has 0 spiro atoms. The van der Waals surface area contributed by atoms with Crippen LogP contribution in [0.1, 0.15) is 12.0 Å². The molecule has 0 bridgehead atoms. The lowest BCUT2D eigenvalue weighted by Crippen LogP contribution is -2.49. The first-order chi connectivity index (χ1) is 13.5. The number of nitro groups is 1. The van der Waals surface area contributed by atoms with Gasteiger partial charge in [-0.2, -0.15) is 0 Å². The predicted octanol–water partition coefficient (Wildman–Crippen LogP) is 3.54. The van der Waals surface area contributed by atoms with Gasteiger partial charge in [-0.15, -0.1) is 0 Å². The van der Waals surface area contributed by atoms with E-state index in [1.807, 2.05) is 34.1 Å². The van der Waals surface area contributed by atoms with Gasteiger partial charge in [0.2, 0.25) is 5.91 Å². The molecular weight excluding hydrogens is 382 g/mol. The molecule has 28 heavy (non-hydrogen) atoms.